The molecule has 1 aromatic carbocycles. The zero-order valence-corrected chi connectivity index (χ0v) is 15.6. The predicted molar refractivity (Wildman–Crippen MR) is 95.7 cm³/mol. The minimum absolute atomic E-state index is 0.425. The highest BCUT2D eigenvalue weighted by Gasteiger charge is 2.13. The van der Waals surface area contributed by atoms with Crippen LogP contribution in [-0.2, 0) is 12.3 Å². The molecule has 3 aromatic rings. The summed E-state index contributed by atoms with van der Waals surface area (Å²) in [5.41, 5.74) is 0.950. The summed E-state index contributed by atoms with van der Waals surface area (Å²) < 4.78 is 32.1. The van der Waals surface area contributed by atoms with Gasteiger partial charge in [-0.1, -0.05) is 35.7 Å². The fourth-order valence-corrected chi connectivity index (χ4v) is 4.19. The second kappa shape index (κ2) is 8.63. The Kier molecular flexibility index (Phi) is 6.27. The summed E-state index contributed by atoms with van der Waals surface area (Å²) in [5.74, 6) is -1.42. The number of halogens is 2. The van der Waals surface area contributed by atoms with Gasteiger partial charge >= 0.3 is 0 Å². The third kappa shape index (κ3) is 4.93. The molecule has 0 amide bonds. The molecule has 3 rings (SSSR count). The number of benzene rings is 1. The molecule has 0 atom stereocenters. The van der Waals surface area contributed by atoms with Crippen LogP contribution in [0.2, 0.25) is 0 Å². The molecular formula is C15H14F2N4OS3. The van der Waals surface area contributed by atoms with Gasteiger partial charge in [0.15, 0.2) is 0 Å². The first-order valence-corrected chi connectivity index (χ1v) is 9.93. The Balaban J connectivity index is 1.67. The number of tetrazole rings is 1. The molecule has 25 heavy (non-hydrogen) atoms. The lowest BCUT2D eigenvalue weighted by Crippen LogP contribution is -2.02. The third-order valence-corrected chi connectivity index (χ3v) is 5.86. The van der Waals surface area contributed by atoms with Crippen molar-refractivity contribution >= 4 is 34.9 Å². The van der Waals surface area contributed by atoms with Gasteiger partial charge in [0.05, 0.1) is 18.6 Å². The van der Waals surface area contributed by atoms with Crippen molar-refractivity contribution in [3.8, 4) is 5.75 Å². The van der Waals surface area contributed by atoms with Crippen LogP contribution in [0.4, 0.5) is 8.78 Å². The molecule has 2 heterocycles. The Morgan fingerprint density at radius 1 is 1.32 bits per heavy atom. The van der Waals surface area contributed by atoms with Crippen molar-refractivity contribution in [3.05, 3.63) is 46.2 Å². The van der Waals surface area contributed by atoms with Gasteiger partial charge in [-0.2, -0.15) is 8.78 Å². The Labute approximate surface area is 155 Å². The van der Waals surface area contributed by atoms with Crippen molar-refractivity contribution in [1.29, 1.82) is 0 Å². The maximum atomic E-state index is 12.6. The molecule has 2 aromatic heterocycles. The predicted octanol–water partition coefficient (Wildman–Crippen LogP) is 4.40. The second-order valence-corrected chi connectivity index (χ2v) is 7.86. The molecule has 0 saturated heterocycles. The summed E-state index contributed by atoms with van der Waals surface area (Å²) >= 11 is 3.62. The van der Waals surface area contributed by atoms with Crippen LogP contribution in [-0.4, -0.2) is 33.1 Å². The van der Waals surface area contributed by atoms with Crippen LogP contribution >= 0.6 is 34.9 Å². The second-order valence-electron chi connectivity index (χ2n) is 4.85. The number of alkyl halides is 2. The van der Waals surface area contributed by atoms with Gasteiger partial charge < -0.3 is 4.74 Å². The molecule has 0 fully saturated rings. The van der Waals surface area contributed by atoms with E-state index in [1.807, 2.05) is 23.6 Å². The highest BCUT2D eigenvalue weighted by Crippen LogP contribution is 2.35. The number of hydrogen-bond donors (Lipinski definition) is 0. The van der Waals surface area contributed by atoms with Crippen LogP contribution in [0.5, 0.6) is 5.75 Å². The van der Waals surface area contributed by atoms with Gasteiger partial charge in [0.25, 0.3) is 5.76 Å². The van der Waals surface area contributed by atoms with E-state index in [2.05, 4.69) is 15.5 Å². The molecule has 0 unspecified atom stereocenters. The third-order valence-electron chi connectivity index (χ3n) is 3.20. The normalized spacial score (nSPS) is 11.2. The zero-order chi connectivity index (χ0) is 17.6. The fourth-order valence-electron chi connectivity index (χ4n) is 2.09. The lowest BCUT2D eigenvalue weighted by atomic mass is 10.2. The number of ether oxygens (including phenoxy) is 1. The Morgan fingerprint density at radius 2 is 2.20 bits per heavy atom. The number of thioether (sulfide) groups is 2. The number of aromatic nitrogens is 4. The molecule has 0 aliphatic carbocycles. The SMILES string of the molecule is COc1cc(CSc2nnnn2Cc2cccs2)ccc1SC(F)F. The van der Waals surface area contributed by atoms with Gasteiger partial charge in [-0.05, 0) is 39.6 Å². The molecular weight excluding hydrogens is 386 g/mol. The van der Waals surface area contributed by atoms with Crippen LogP contribution in [0.15, 0.2) is 45.8 Å². The van der Waals surface area contributed by atoms with Crippen LogP contribution in [0, 0.1) is 0 Å². The molecule has 0 N–H and O–H groups in total. The number of methoxy groups -OCH3 is 1. The number of nitrogens with zero attached hydrogens (tertiary/aromatic N) is 4. The molecule has 0 saturated carbocycles. The maximum absolute atomic E-state index is 12.6. The van der Waals surface area contributed by atoms with E-state index in [0.717, 1.165) is 5.56 Å². The van der Waals surface area contributed by atoms with Gasteiger partial charge in [-0.15, -0.1) is 16.4 Å². The standard InChI is InChI=1S/C15H14F2N4OS3/c1-22-12-7-10(4-5-13(12)25-14(16)17)9-24-15-18-19-20-21(15)8-11-3-2-6-23-11/h2-7,14H,8-9H2,1H3. The van der Waals surface area contributed by atoms with Crippen molar-refractivity contribution in [3.63, 3.8) is 0 Å². The molecule has 132 valence electrons. The van der Waals surface area contributed by atoms with E-state index in [0.29, 0.717) is 39.9 Å². The number of thiophene rings is 1. The van der Waals surface area contributed by atoms with Crippen molar-refractivity contribution in [1.82, 2.24) is 20.2 Å². The summed E-state index contributed by atoms with van der Waals surface area (Å²) in [6.07, 6.45) is 0. The first-order chi connectivity index (χ1) is 12.2. The van der Waals surface area contributed by atoms with E-state index < -0.39 is 5.76 Å². The van der Waals surface area contributed by atoms with Crippen LogP contribution in [0.1, 0.15) is 10.4 Å². The fraction of sp³-hybridized carbons (Fsp3) is 0.267. The van der Waals surface area contributed by atoms with E-state index in [9.17, 15) is 8.78 Å². The Morgan fingerprint density at radius 3 is 2.92 bits per heavy atom. The minimum atomic E-state index is -2.48. The lowest BCUT2D eigenvalue weighted by molar-refractivity contribution is 0.251. The van der Waals surface area contributed by atoms with Crippen LogP contribution in [0.3, 0.4) is 0 Å². The van der Waals surface area contributed by atoms with Crippen molar-refractivity contribution in [2.45, 2.75) is 28.1 Å². The molecule has 10 heteroatoms. The van der Waals surface area contributed by atoms with Gasteiger partial charge in [0.1, 0.15) is 5.75 Å². The first-order valence-electron chi connectivity index (χ1n) is 7.19. The van der Waals surface area contributed by atoms with Crippen molar-refractivity contribution < 1.29 is 13.5 Å². The molecule has 0 aliphatic rings. The summed E-state index contributed by atoms with van der Waals surface area (Å²) in [4.78, 5) is 1.60. The van der Waals surface area contributed by atoms with Crippen LogP contribution in [0.25, 0.3) is 0 Å². The minimum Gasteiger partial charge on any atom is -0.496 e. The van der Waals surface area contributed by atoms with E-state index in [-0.39, 0.29) is 0 Å². The highest BCUT2D eigenvalue weighted by molar-refractivity contribution is 7.99. The summed E-state index contributed by atoms with van der Waals surface area (Å²) in [5, 5.41) is 14.5. The number of rotatable bonds is 8. The Hall–Kier alpha value is -1.65. The van der Waals surface area contributed by atoms with E-state index >= 15 is 0 Å². The maximum Gasteiger partial charge on any atom is 0.289 e. The molecule has 5 nitrogen and oxygen atoms in total. The molecule has 0 spiro atoms. The molecule has 0 radical (unpaired) electrons. The van der Waals surface area contributed by atoms with Crippen LogP contribution < -0.4 is 4.74 Å². The van der Waals surface area contributed by atoms with E-state index in [1.54, 1.807) is 28.2 Å². The summed E-state index contributed by atoms with van der Waals surface area (Å²) in [7, 11) is 1.48. The van der Waals surface area contributed by atoms with Gasteiger partial charge in [-0.3, -0.25) is 0 Å². The van der Waals surface area contributed by atoms with Gasteiger partial charge in [0.2, 0.25) is 5.16 Å². The van der Waals surface area contributed by atoms with E-state index in [1.165, 1.54) is 23.7 Å². The highest BCUT2D eigenvalue weighted by atomic mass is 32.2. The average molecular weight is 401 g/mol. The van der Waals surface area contributed by atoms with Crippen molar-refractivity contribution in [2.75, 3.05) is 7.11 Å². The average Bonchev–Trinajstić information content (AvgIpc) is 3.26. The first kappa shape index (κ1) is 18.2. The monoisotopic (exact) mass is 400 g/mol. The smallest absolute Gasteiger partial charge is 0.289 e. The Bertz CT molecular complexity index is 811. The number of hydrogen-bond acceptors (Lipinski definition) is 7. The zero-order valence-electron chi connectivity index (χ0n) is 13.1. The lowest BCUT2D eigenvalue weighted by Gasteiger charge is -2.10. The largest absolute Gasteiger partial charge is 0.496 e. The summed E-state index contributed by atoms with van der Waals surface area (Å²) in [6, 6.07) is 9.26. The van der Waals surface area contributed by atoms with Gasteiger partial charge in [-0.25, -0.2) is 4.68 Å². The summed E-state index contributed by atoms with van der Waals surface area (Å²) in [6.45, 7) is 0.625. The topological polar surface area (TPSA) is 52.8 Å². The molecule has 0 aliphatic heterocycles. The van der Waals surface area contributed by atoms with Crippen molar-refractivity contribution in [2.24, 2.45) is 0 Å². The van der Waals surface area contributed by atoms with E-state index in [4.69, 9.17) is 4.74 Å². The molecule has 0 bridgehead atoms. The quantitative estimate of drug-likeness (QED) is 0.523. The van der Waals surface area contributed by atoms with Gasteiger partial charge in [0, 0.05) is 10.6 Å².